The zero-order chi connectivity index (χ0) is 22.7. The van der Waals surface area contributed by atoms with Crippen molar-refractivity contribution < 1.29 is 9.53 Å². The minimum Gasteiger partial charge on any atom is -0.376 e. The molecule has 8 heteroatoms. The van der Waals surface area contributed by atoms with Crippen LogP contribution < -0.4 is 16.6 Å². The molecule has 0 spiro atoms. The smallest absolute Gasteiger partial charge is 0.352 e. The molecule has 1 aromatic heterocycles. The number of nitrogens with one attached hydrogen (secondary N) is 1. The minimum atomic E-state index is -0.718. The van der Waals surface area contributed by atoms with Crippen molar-refractivity contribution in [3.05, 3.63) is 91.8 Å². The summed E-state index contributed by atoms with van der Waals surface area (Å²) in [6.45, 7) is 4.87. The summed E-state index contributed by atoms with van der Waals surface area (Å²) in [7, 11) is 0. The Kier molecular flexibility index (Phi) is 6.32. The zero-order valence-electron chi connectivity index (χ0n) is 18.2. The number of benzene rings is 2. The molecule has 4 rings (SSSR count). The molecule has 1 atom stereocenters. The Balaban J connectivity index is 1.76. The van der Waals surface area contributed by atoms with Gasteiger partial charge in [-0.1, -0.05) is 47.5 Å². The summed E-state index contributed by atoms with van der Waals surface area (Å²) < 4.78 is 7.70. The summed E-state index contributed by atoms with van der Waals surface area (Å²) in [5.41, 5.74) is 1.65. The lowest BCUT2D eigenvalue weighted by molar-refractivity contribution is 0.0849. The molecule has 32 heavy (non-hydrogen) atoms. The SMILES string of the molecule is Cc1ccc(-n2nc(C(=O)NCC3CCCO3)c(=O)n(Cc3cccc(C)c3)c2=O)cc1. The zero-order valence-corrected chi connectivity index (χ0v) is 18.2. The number of carbonyl (C=O) groups is 1. The number of hydrogen-bond donors (Lipinski definition) is 1. The molecule has 0 bridgehead atoms. The Morgan fingerprint density at radius 3 is 2.59 bits per heavy atom. The fourth-order valence-electron chi connectivity index (χ4n) is 3.74. The van der Waals surface area contributed by atoms with E-state index in [9.17, 15) is 14.4 Å². The van der Waals surface area contributed by atoms with Gasteiger partial charge in [0.25, 0.3) is 11.5 Å². The van der Waals surface area contributed by atoms with E-state index < -0.39 is 17.2 Å². The predicted octanol–water partition coefficient (Wildman–Crippen LogP) is 1.97. The average Bonchev–Trinajstić information content (AvgIpc) is 3.30. The van der Waals surface area contributed by atoms with Crippen molar-refractivity contribution in [1.82, 2.24) is 19.7 Å². The molecule has 8 nitrogen and oxygen atoms in total. The molecule has 1 aliphatic heterocycles. The van der Waals surface area contributed by atoms with Crippen molar-refractivity contribution in [3.63, 3.8) is 0 Å². The van der Waals surface area contributed by atoms with Gasteiger partial charge in [-0.2, -0.15) is 9.78 Å². The van der Waals surface area contributed by atoms with Gasteiger partial charge in [0.15, 0.2) is 0 Å². The van der Waals surface area contributed by atoms with Gasteiger partial charge in [0, 0.05) is 13.2 Å². The molecule has 1 N–H and O–H groups in total. The second kappa shape index (κ2) is 9.32. The summed E-state index contributed by atoms with van der Waals surface area (Å²) in [5.74, 6) is -0.621. The Bertz CT molecular complexity index is 1240. The van der Waals surface area contributed by atoms with Crippen LogP contribution in [0.1, 0.15) is 40.0 Å². The molecule has 1 fully saturated rings. The van der Waals surface area contributed by atoms with Crippen LogP contribution in [0.4, 0.5) is 0 Å². The van der Waals surface area contributed by atoms with Crippen LogP contribution in [0.15, 0.2) is 58.1 Å². The quantitative estimate of drug-likeness (QED) is 0.640. The van der Waals surface area contributed by atoms with Gasteiger partial charge >= 0.3 is 5.69 Å². The van der Waals surface area contributed by atoms with Crippen LogP contribution in [-0.4, -0.2) is 39.5 Å². The molecule has 1 saturated heterocycles. The number of aryl methyl sites for hydroxylation is 2. The van der Waals surface area contributed by atoms with E-state index in [2.05, 4.69) is 10.4 Å². The number of hydrogen-bond acceptors (Lipinski definition) is 5. The Labute approximate surface area is 185 Å². The standard InChI is InChI=1S/C24H26N4O4/c1-16-8-10-19(11-9-16)28-24(31)27(15-18-6-3-5-17(2)13-18)23(30)21(26-28)22(29)25-14-20-7-4-12-32-20/h3,5-6,8-11,13,20H,4,7,12,14-15H2,1-2H3,(H,25,29). The van der Waals surface area contributed by atoms with Crippen LogP contribution in [0, 0.1) is 13.8 Å². The van der Waals surface area contributed by atoms with E-state index in [1.54, 1.807) is 12.1 Å². The van der Waals surface area contributed by atoms with Gasteiger partial charge in [0.05, 0.1) is 18.3 Å². The molecule has 1 unspecified atom stereocenters. The molecule has 0 saturated carbocycles. The summed E-state index contributed by atoms with van der Waals surface area (Å²) >= 11 is 0. The summed E-state index contributed by atoms with van der Waals surface area (Å²) in [4.78, 5) is 39.2. The van der Waals surface area contributed by atoms with Crippen LogP contribution >= 0.6 is 0 Å². The lowest BCUT2D eigenvalue weighted by Gasteiger charge is -2.14. The van der Waals surface area contributed by atoms with Crippen molar-refractivity contribution in [2.75, 3.05) is 13.2 Å². The summed E-state index contributed by atoms with van der Waals surface area (Å²) in [6.07, 6.45) is 1.73. The first-order valence-electron chi connectivity index (χ1n) is 10.7. The Morgan fingerprint density at radius 1 is 1.12 bits per heavy atom. The maximum absolute atomic E-state index is 13.2. The number of carbonyl (C=O) groups excluding carboxylic acids is 1. The van der Waals surface area contributed by atoms with E-state index in [1.165, 1.54) is 0 Å². The fraction of sp³-hybridized carbons (Fsp3) is 0.333. The first-order chi connectivity index (χ1) is 15.4. The molecular weight excluding hydrogens is 408 g/mol. The molecule has 0 radical (unpaired) electrons. The molecule has 166 valence electrons. The number of amides is 1. The van der Waals surface area contributed by atoms with Gasteiger partial charge < -0.3 is 10.1 Å². The lowest BCUT2D eigenvalue weighted by Crippen LogP contribution is -2.46. The van der Waals surface area contributed by atoms with Crippen molar-refractivity contribution in [1.29, 1.82) is 0 Å². The van der Waals surface area contributed by atoms with Crippen LogP contribution in [0.2, 0.25) is 0 Å². The summed E-state index contributed by atoms with van der Waals surface area (Å²) in [5, 5.41) is 6.89. The molecule has 3 aromatic rings. The number of ether oxygens (including phenoxy) is 1. The topological polar surface area (TPSA) is 95.2 Å². The maximum Gasteiger partial charge on any atom is 0.352 e. The number of aromatic nitrogens is 3. The first kappa shape index (κ1) is 21.7. The molecule has 2 heterocycles. The van der Waals surface area contributed by atoms with Crippen LogP contribution in [-0.2, 0) is 11.3 Å². The third-order valence-corrected chi connectivity index (χ3v) is 5.49. The Morgan fingerprint density at radius 2 is 1.91 bits per heavy atom. The highest BCUT2D eigenvalue weighted by Gasteiger charge is 2.22. The van der Waals surface area contributed by atoms with Gasteiger partial charge in [-0.3, -0.25) is 14.2 Å². The highest BCUT2D eigenvalue weighted by atomic mass is 16.5. The van der Waals surface area contributed by atoms with E-state index >= 15 is 0 Å². The van der Waals surface area contributed by atoms with Crippen LogP contribution in [0.5, 0.6) is 0 Å². The largest absolute Gasteiger partial charge is 0.376 e. The second-order valence-electron chi connectivity index (χ2n) is 8.10. The lowest BCUT2D eigenvalue weighted by atomic mass is 10.1. The van der Waals surface area contributed by atoms with E-state index in [1.807, 2.05) is 50.2 Å². The van der Waals surface area contributed by atoms with Crippen molar-refractivity contribution in [3.8, 4) is 5.69 Å². The molecule has 1 aliphatic rings. The van der Waals surface area contributed by atoms with Crippen molar-refractivity contribution >= 4 is 5.91 Å². The fourth-order valence-corrected chi connectivity index (χ4v) is 3.74. The number of rotatable bonds is 6. The van der Waals surface area contributed by atoms with Crippen molar-refractivity contribution in [2.24, 2.45) is 0 Å². The minimum absolute atomic E-state index is 0.0414. The monoisotopic (exact) mass is 434 g/mol. The third-order valence-electron chi connectivity index (χ3n) is 5.49. The van der Waals surface area contributed by atoms with Gasteiger partial charge in [-0.15, -0.1) is 0 Å². The molecular formula is C24H26N4O4. The highest BCUT2D eigenvalue weighted by molar-refractivity contribution is 5.91. The predicted molar refractivity (Wildman–Crippen MR) is 120 cm³/mol. The summed E-state index contributed by atoms with van der Waals surface area (Å²) in [6, 6.07) is 14.7. The molecule has 0 aliphatic carbocycles. The van der Waals surface area contributed by atoms with Gasteiger partial charge in [0.2, 0.25) is 5.69 Å². The van der Waals surface area contributed by atoms with Gasteiger partial charge in [0.1, 0.15) is 0 Å². The van der Waals surface area contributed by atoms with E-state index in [-0.39, 0.29) is 18.3 Å². The highest BCUT2D eigenvalue weighted by Crippen LogP contribution is 2.11. The van der Waals surface area contributed by atoms with E-state index in [0.29, 0.717) is 18.8 Å². The number of nitrogens with zero attached hydrogens (tertiary/aromatic N) is 3. The average molecular weight is 434 g/mol. The van der Waals surface area contributed by atoms with Crippen molar-refractivity contribution in [2.45, 2.75) is 39.3 Å². The van der Waals surface area contributed by atoms with Crippen LogP contribution in [0.25, 0.3) is 5.69 Å². The third kappa shape index (κ3) is 4.70. The maximum atomic E-state index is 13.2. The van der Waals surface area contributed by atoms with Gasteiger partial charge in [-0.05, 0) is 44.4 Å². The van der Waals surface area contributed by atoms with Crippen LogP contribution in [0.3, 0.4) is 0 Å². The normalized spacial score (nSPS) is 15.6. The second-order valence-corrected chi connectivity index (χ2v) is 8.10. The van der Waals surface area contributed by atoms with E-state index in [4.69, 9.17) is 4.74 Å². The molecule has 1 amide bonds. The first-order valence-corrected chi connectivity index (χ1v) is 10.7. The van der Waals surface area contributed by atoms with E-state index in [0.717, 1.165) is 38.8 Å². The molecule has 2 aromatic carbocycles. The Hall–Kier alpha value is -3.52. The van der Waals surface area contributed by atoms with Gasteiger partial charge in [-0.25, -0.2) is 4.79 Å².